The number of carbonyl (C=O) groups excluding carboxylic acids is 1. The first kappa shape index (κ1) is 16.5. The Morgan fingerprint density at radius 2 is 1.92 bits per heavy atom. The van der Waals surface area contributed by atoms with Gasteiger partial charge < -0.3 is 9.47 Å². The lowest BCUT2D eigenvalue weighted by atomic mass is 9.99. The van der Waals surface area contributed by atoms with E-state index in [1.165, 1.54) is 0 Å². The summed E-state index contributed by atoms with van der Waals surface area (Å²) in [4.78, 5) is 27.6. The van der Waals surface area contributed by atoms with Crippen molar-refractivity contribution in [3.05, 3.63) is 70.1 Å². The molecule has 24 heavy (non-hydrogen) atoms. The Labute approximate surface area is 142 Å². The first-order valence-corrected chi connectivity index (χ1v) is 8.75. The average molecular weight is 324 g/mol. The van der Waals surface area contributed by atoms with Gasteiger partial charge >= 0.3 is 0 Å². The topological polar surface area (TPSA) is 42.3 Å². The minimum absolute atomic E-state index is 0.117. The molecule has 2 heterocycles. The highest BCUT2D eigenvalue weighted by molar-refractivity contribution is 5.94. The number of hydrogen-bond donors (Lipinski definition) is 0. The Morgan fingerprint density at radius 1 is 1.12 bits per heavy atom. The zero-order valence-corrected chi connectivity index (χ0v) is 14.1. The predicted molar refractivity (Wildman–Crippen MR) is 95.2 cm³/mol. The van der Waals surface area contributed by atoms with E-state index in [0.717, 1.165) is 37.8 Å². The van der Waals surface area contributed by atoms with Crippen molar-refractivity contribution in [2.75, 3.05) is 6.54 Å². The molecule has 4 nitrogen and oxygen atoms in total. The van der Waals surface area contributed by atoms with Crippen LogP contribution in [0.2, 0.25) is 0 Å². The molecule has 3 rings (SSSR count). The number of benzene rings is 1. The maximum atomic E-state index is 12.9. The normalized spacial score (nSPS) is 17.7. The molecule has 0 radical (unpaired) electrons. The van der Waals surface area contributed by atoms with Crippen LogP contribution in [-0.4, -0.2) is 28.0 Å². The van der Waals surface area contributed by atoms with E-state index >= 15 is 0 Å². The Balaban J connectivity index is 1.87. The van der Waals surface area contributed by atoms with E-state index in [-0.39, 0.29) is 23.1 Å². The second-order valence-electron chi connectivity index (χ2n) is 6.40. The lowest BCUT2D eigenvalue weighted by Gasteiger charge is -2.35. The number of nitrogens with zero attached hydrogens (tertiary/aromatic N) is 2. The minimum Gasteiger partial charge on any atom is -0.336 e. The first-order chi connectivity index (χ1) is 11.7. The van der Waals surface area contributed by atoms with Crippen LogP contribution in [0.1, 0.15) is 48.5 Å². The van der Waals surface area contributed by atoms with E-state index in [9.17, 15) is 9.59 Å². The van der Waals surface area contributed by atoms with E-state index in [0.29, 0.717) is 6.54 Å². The zero-order chi connectivity index (χ0) is 16.9. The summed E-state index contributed by atoms with van der Waals surface area (Å²) in [7, 11) is 0. The second-order valence-corrected chi connectivity index (χ2v) is 6.40. The molecule has 1 unspecified atom stereocenters. The fourth-order valence-electron chi connectivity index (χ4n) is 3.45. The van der Waals surface area contributed by atoms with Crippen LogP contribution in [0.15, 0.2) is 53.5 Å². The van der Waals surface area contributed by atoms with Gasteiger partial charge in [0.2, 0.25) is 0 Å². The maximum absolute atomic E-state index is 12.9. The molecular formula is C20H24N2O2. The van der Waals surface area contributed by atoms with Gasteiger partial charge in [0.15, 0.2) is 0 Å². The standard InChI is InChI=1S/C20H24N2O2/c1-2-17-11-6-7-14-22(17)20(24)18-12-8-13-21(19(18)23)15-16-9-4-3-5-10-16/h3-5,8-10,12-13,17H,2,6-7,11,14-15H2,1H3. The SMILES string of the molecule is CCC1CCCCN1C(=O)c1cccn(Cc2ccccc2)c1=O. The summed E-state index contributed by atoms with van der Waals surface area (Å²) in [6.07, 6.45) is 5.91. The molecule has 1 amide bonds. The molecule has 1 saturated heterocycles. The van der Waals surface area contributed by atoms with Gasteiger partial charge in [0.1, 0.15) is 5.56 Å². The van der Waals surface area contributed by atoms with Gasteiger partial charge in [-0.05, 0) is 43.4 Å². The number of aromatic nitrogens is 1. The van der Waals surface area contributed by atoms with E-state index in [2.05, 4.69) is 6.92 Å². The summed E-state index contributed by atoms with van der Waals surface area (Å²) in [5.41, 5.74) is 1.13. The molecule has 0 N–H and O–H groups in total. The molecule has 0 bridgehead atoms. The van der Waals surface area contributed by atoms with E-state index in [4.69, 9.17) is 0 Å². The van der Waals surface area contributed by atoms with Crippen molar-refractivity contribution in [3.8, 4) is 0 Å². The van der Waals surface area contributed by atoms with Crippen molar-refractivity contribution in [2.45, 2.75) is 45.2 Å². The van der Waals surface area contributed by atoms with Gasteiger partial charge in [-0.1, -0.05) is 37.3 Å². The third-order valence-corrected chi connectivity index (χ3v) is 4.81. The number of rotatable bonds is 4. The summed E-state index contributed by atoms with van der Waals surface area (Å²) >= 11 is 0. The van der Waals surface area contributed by atoms with Gasteiger partial charge in [0.05, 0.1) is 6.54 Å². The number of amides is 1. The van der Waals surface area contributed by atoms with Crippen LogP contribution in [0, 0.1) is 0 Å². The highest BCUT2D eigenvalue weighted by Crippen LogP contribution is 2.21. The quantitative estimate of drug-likeness (QED) is 0.866. The molecule has 1 aromatic heterocycles. The molecule has 4 heteroatoms. The maximum Gasteiger partial charge on any atom is 0.263 e. The smallest absolute Gasteiger partial charge is 0.263 e. The third kappa shape index (κ3) is 3.42. The highest BCUT2D eigenvalue weighted by Gasteiger charge is 2.27. The van der Waals surface area contributed by atoms with Gasteiger partial charge in [-0.2, -0.15) is 0 Å². The molecule has 2 aromatic rings. The van der Waals surface area contributed by atoms with Crippen LogP contribution < -0.4 is 5.56 Å². The predicted octanol–water partition coefficient (Wildman–Crippen LogP) is 3.30. The second kappa shape index (κ2) is 7.47. The average Bonchev–Trinajstić information content (AvgIpc) is 2.64. The van der Waals surface area contributed by atoms with Crippen molar-refractivity contribution in [3.63, 3.8) is 0 Å². The van der Waals surface area contributed by atoms with Crippen molar-refractivity contribution >= 4 is 5.91 Å². The first-order valence-electron chi connectivity index (χ1n) is 8.75. The highest BCUT2D eigenvalue weighted by atomic mass is 16.2. The number of carbonyl (C=O) groups is 1. The van der Waals surface area contributed by atoms with E-state index in [1.54, 1.807) is 22.9 Å². The molecule has 1 fully saturated rings. The van der Waals surface area contributed by atoms with Crippen LogP contribution in [0.3, 0.4) is 0 Å². The van der Waals surface area contributed by atoms with Crippen LogP contribution in [0.25, 0.3) is 0 Å². The van der Waals surface area contributed by atoms with Crippen LogP contribution in [-0.2, 0) is 6.54 Å². The molecule has 1 aliphatic rings. The molecule has 1 aromatic carbocycles. The molecule has 0 aliphatic carbocycles. The summed E-state index contributed by atoms with van der Waals surface area (Å²) in [6.45, 7) is 3.34. The fourth-order valence-corrected chi connectivity index (χ4v) is 3.45. The van der Waals surface area contributed by atoms with Crippen LogP contribution in [0.5, 0.6) is 0 Å². The summed E-state index contributed by atoms with van der Waals surface area (Å²) < 4.78 is 1.62. The van der Waals surface area contributed by atoms with Gasteiger partial charge in [0.25, 0.3) is 11.5 Å². The molecule has 126 valence electrons. The van der Waals surface area contributed by atoms with Crippen molar-refractivity contribution < 1.29 is 4.79 Å². The Hall–Kier alpha value is -2.36. The number of pyridine rings is 1. The molecular weight excluding hydrogens is 300 g/mol. The van der Waals surface area contributed by atoms with Crippen molar-refractivity contribution in [2.24, 2.45) is 0 Å². The number of likely N-dealkylation sites (tertiary alicyclic amines) is 1. The van der Waals surface area contributed by atoms with Crippen LogP contribution >= 0.6 is 0 Å². The summed E-state index contributed by atoms with van der Waals surface area (Å²) in [5.74, 6) is -0.117. The molecule has 1 aliphatic heterocycles. The molecule has 1 atom stereocenters. The van der Waals surface area contributed by atoms with Gasteiger partial charge in [-0.3, -0.25) is 9.59 Å². The molecule has 0 spiro atoms. The fraction of sp³-hybridized carbons (Fsp3) is 0.400. The summed E-state index contributed by atoms with van der Waals surface area (Å²) in [5, 5.41) is 0. The minimum atomic E-state index is -0.202. The summed E-state index contributed by atoms with van der Waals surface area (Å²) in [6, 6.07) is 13.5. The third-order valence-electron chi connectivity index (χ3n) is 4.81. The lowest BCUT2D eigenvalue weighted by molar-refractivity contribution is 0.0605. The Kier molecular flexibility index (Phi) is 5.14. The van der Waals surface area contributed by atoms with Gasteiger partial charge in [-0.25, -0.2) is 0 Å². The largest absolute Gasteiger partial charge is 0.336 e. The zero-order valence-electron chi connectivity index (χ0n) is 14.1. The number of hydrogen-bond acceptors (Lipinski definition) is 2. The van der Waals surface area contributed by atoms with Crippen molar-refractivity contribution in [1.29, 1.82) is 0 Å². The van der Waals surface area contributed by atoms with Crippen molar-refractivity contribution in [1.82, 2.24) is 9.47 Å². The lowest BCUT2D eigenvalue weighted by Crippen LogP contribution is -2.45. The number of piperidine rings is 1. The molecule has 0 saturated carbocycles. The Bertz CT molecular complexity index is 752. The van der Waals surface area contributed by atoms with E-state index < -0.39 is 0 Å². The monoisotopic (exact) mass is 324 g/mol. The van der Waals surface area contributed by atoms with E-state index in [1.807, 2.05) is 35.2 Å². The van der Waals surface area contributed by atoms with Gasteiger partial charge in [0, 0.05) is 18.8 Å². The van der Waals surface area contributed by atoms with Crippen LogP contribution in [0.4, 0.5) is 0 Å². The van der Waals surface area contributed by atoms with Gasteiger partial charge in [-0.15, -0.1) is 0 Å². The Morgan fingerprint density at radius 3 is 2.67 bits per heavy atom.